The molecule has 3 heterocycles. The summed E-state index contributed by atoms with van der Waals surface area (Å²) in [5, 5.41) is 7.61. The van der Waals surface area contributed by atoms with Crippen LogP contribution in [-0.2, 0) is 6.54 Å². The Morgan fingerprint density at radius 1 is 1.11 bits per heavy atom. The van der Waals surface area contributed by atoms with Crippen molar-refractivity contribution in [3.8, 4) is 0 Å². The highest BCUT2D eigenvalue weighted by molar-refractivity contribution is 5.94. The lowest BCUT2D eigenvalue weighted by Gasteiger charge is -2.32. The maximum absolute atomic E-state index is 12.8. The molecule has 1 aromatic heterocycles. The number of nitrogens with one attached hydrogen (secondary N) is 1. The second-order valence-corrected chi connectivity index (χ2v) is 6.88. The Labute approximate surface area is 172 Å². The molecule has 0 radical (unpaired) electrons. The summed E-state index contributed by atoms with van der Waals surface area (Å²) in [4.78, 5) is 17.3. The van der Waals surface area contributed by atoms with Crippen molar-refractivity contribution in [3.63, 3.8) is 0 Å². The van der Waals surface area contributed by atoms with Crippen molar-refractivity contribution in [3.05, 3.63) is 53.9 Å². The normalized spacial score (nSPS) is 20.0. The van der Waals surface area contributed by atoms with E-state index in [1.165, 1.54) is 0 Å². The first-order valence-electron chi connectivity index (χ1n) is 9.10. The Balaban J connectivity index is 0.00000131. The summed E-state index contributed by atoms with van der Waals surface area (Å²) < 4.78 is 1.88. The van der Waals surface area contributed by atoms with Crippen molar-refractivity contribution in [1.82, 2.24) is 24.9 Å². The van der Waals surface area contributed by atoms with Crippen molar-refractivity contribution in [2.75, 3.05) is 39.3 Å². The van der Waals surface area contributed by atoms with Crippen molar-refractivity contribution in [1.29, 1.82) is 0 Å². The highest BCUT2D eigenvalue weighted by Gasteiger charge is 2.31. The van der Waals surface area contributed by atoms with Crippen LogP contribution in [-0.4, -0.2) is 70.8 Å². The molecule has 1 amide bonds. The van der Waals surface area contributed by atoms with Gasteiger partial charge in [-0.25, -0.2) is 0 Å². The summed E-state index contributed by atoms with van der Waals surface area (Å²) in [5.74, 6) is 0.156. The van der Waals surface area contributed by atoms with E-state index in [1.807, 2.05) is 46.1 Å². The molecule has 8 heteroatoms. The third-order valence-corrected chi connectivity index (χ3v) is 5.22. The zero-order chi connectivity index (χ0) is 17.1. The van der Waals surface area contributed by atoms with E-state index >= 15 is 0 Å². The molecule has 0 aliphatic carbocycles. The van der Waals surface area contributed by atoms with Gasteiger partial charge in [-0.15, -0.1) is 24.8 Å². The van der Waals surface area contributed by atoms with Crippen LogP contribution >= 0.6 is 24.8 Å². The molecule has 2 aliphatic heterocycles. The Morgan fingerprint density at radius 3 is 2.52 bits per heavy atom. The van der Waals surface area contributed by atoms with Gasteiger partial charge in [0.1, 0.15) is 0 Å². The molecule has 4 rings (SSSR count). The standard InChI is InChI=1S/C19H25N5O.2ClH/c25-19(23-11-6-18(15-23)22-12-8-20-9-13-22)17-4-2-16(3-5-17)14-24-10-1-7-21-24;;/h1-5,7,10,18,20H,6,8-9,11-15H2;2*1H. The third-order valence-electron chi connectivity index (χ3n) is 5.22. The van der Waals surface area contributed by atoms with Gasteiger partial charge in [0.15, 0.2) is 0 Å². The van der Waals surface area contributed by atoms with E-state index in [0.29, 0.717) is 6.04 Å². The number of nitrogens with zero attached hydrogens (tertiary/aromatic N) is 4. The predicted molar refractivity (Wildman–Crippen MR) is 111 cm³/mol. The number of hydrogen-bond donors (Lipinski definition) is 1. The summed E-state index contributed by atoms with van der Waals surface area (Å²) in [6.07, 6.45) is 4.81. The van der Waals surface area contributed by atoms with Crippen LogP contribution in [0.4, 0.5) is 0 Å². The Hall–Kier alpha value is -1.60. The third kappa shape index (κ3) is 5.23. The van der Waals surface area contributed by atoms with Crippen molar-refractivity contribution >= 4 is 30.7 Å². The molecule has 1 unspecified atom stereocenters. The van der Waals surface area contributed by atoms with Gasteiger partial charge < -0.3 is 10.2 Å². The molecule has 1 N–H and O–H groups in total. The van der Waals surface area contributed by atoms with Gasteiger partial charge in [0, 0.05) is 63.3 Å². The molecule has 2 fully saturated rings. The van der Waals surface area contributed by atoms with Gasteiger partial charge in [-0.3, -0.25) is 14.4 Å². The largest absolute Gasteiger partial charge is 0.337 e. The van der Waals surface area contributed by atoms with E-state index < -0.39 is 0 Å². The average Bonchev–Trinajstić information content (AvgIpc) is 3.34. The number of benzene rings is 1. The van der Waals surface area contributed by atoms with Gasteiger partial charge in [0.05, 0.1) is 6.54 Å². The second-order valence-electron chi connectivity index (χ2n) is 6.88. The minimum absolute atomic E-state index is 0. The topological polar surface area (TPSA) is 53.4 Å². The molecule has 2 saturated heterocycles. The van der Waals surface area contributed by atoms with Gasteiger partial charge in [-0.05, 0) is 30.2 Å². The van der Waals surface area contributed by atoms with Crippen molar-refractivity contribution in [2.24, 2.45) is 0 Å². The summed E-state index contributed by atoms with van der Waals surface area (Å²) >= 11 is 0. The number of carbonyl (C=O) groups excluding carboxylic acids is 1. The zero-order valence-corrected chi connectivity index (χ0v) is 16.9. The fourth-order valence-electron chi connectivity index (χ4n) is 3.79. The molecule has 2 aliphatic rings. The Bertz CT molecular complexity index is 701. The van der Waals surface area contributed by atoms with E-state index in [4.69, 9.17) is 0 Å². The maximum Gasteiger partial charge on any atom is 0.253 e. The smallest absolute Gasteiger partial charge is 0.253 e. The van der Waals surface area contributed by atoms with Gasteiger partial charge in [-0.2, -0.15) is 5.10 Å². The van der Waals surface area contributed by atoms with Gasteiger partial charge in [0.2, 0.25) is 0 Å². The number of likely N-dealkylation sites (tertiary alicyclic amines) is 1. The molecular formula is C19H27Cl2N5O. The molecule has 6 nitrogen and oxygen atoms in total. The number of amides is 1. The van der Waals surface area contributed by atoms with Crippen LogP contribution in [0.3, 0.4) is 0 Å². The highest BCUT2D eigenvalue weighted by Crippen LogP contribution is 2.19. The molecule has 148 valence electrons. The Morgan fingerprint density at radius 2 is 1.85 bits per heavy atom. The molecule has 0 saturated carbocycles. The lowest BCUT2D eigenvalue weighted by molar-refractivity contribution is 0.0773. The number of halogens is 2. The molecule has 0 spiro atoms. The number of hydrogen-bond acceptors (Lipinski definition) is 4. The van der Waals surface area contributed by atoms with E-state index in [1.54, 1.807) is 6.20 Å². The molecule has 2 aromatic rings. The average molecular weight is 412 g/mol. The van der Waals surface area contributed by atoms with Crippen molar-refractivity contribution < 1.29 is 4.79 Å². The summed E-state index contributed by atoms with van der Waals surface area (Å²) in [6.45, 7) is 6.75. The van der Waals surface area contributed by atoms with Crippen LogP contribution in [0.5, 0.6) is 0 Å². The van der Waals surface area contributed by atoms with Crippen LogP contribution in [0, 0.1) is 0 Å². The fourth-order valence-corrected chi connectivity index (χ4v) is 3.79. The molecule has 0 bridgehead atoms. The molecule has 1 aromatic carbocycles. The van der Waals surface area contributed by atoms with Crippen LogP contribution < -0.4 is 5.32 Å². The van der Waals surface area contributed by atoms with Crippen LogP contribution in [0.25, 0.3) is 0 Å². The highest BCUT2D eigenvalue weighted by atomic mass is 35.5. The van der Waals surface area contributed by atoms with E-state index in [0.717, 1.165) is 63.4 Å². The quantitative estimate of drug-likeness (QED) is 0.834. The number of piperazine rings is 1. The van der Waals surface area contributed by atoms with Crippen LogP contribution in [0.15, 0.2) is 42.7 Å². The minimum atomic E-state index is 0. The van der Waals surface area contributed by atoms with E-state index in [2.05, 4.69) is 15.3 Å². The van der Waals surface area contributed by atoms with Gasteiger partial charge >= 0.3 is 0 Å². The van der Waals surface area contributed by atoms with Crippen LogP contribution in [0.2, 0.25) is 0 Å². The maximum atomic E-state index is 12.8. The van der Waals surface area contributed by atoms with Crippen LogP contribution in [0.1, 0.15) is 22.3 Å². The van der Waals surface area contributed by atoms with Crippen molar-refractivity contribution in [2.45, 2.75) is 19.0 Å². The van der Waals surface area contributed by atoms with E-state index in [-0.39, 0.29) is 30.7 Å². The zero-order valence-electron chi connectivity index (χ0n) is 15.3. The lowest BCUT2D eigenvalue weighted by atomic mass is 10.1. The summed E-state index contributed by atoms with van der Waals surface area (Å²) in [5.41, 5.74) is 1.94. The van der Waals surface area contributed by atoms with E-state index in [9.17, 15) is 4.79 Å². The minimum Gasteiger partial charge on any atom is -0.337 e. The molecular weight excluding hydrogens is 385 g/mol. The number of carbonyl (C=O) groups is 1. The fraction of sp³-hybridized carbons (Fsp3) is 0.474. The lowest BCUT2D eigenvalue weighted by Crippen LogP contribution is -2.49. The first-order chi connectivity index (χ1) is 12.3. The summed E-state index contributed by atoms with van der Waals surface area (Å²) in [6, 6.07) is 10.4. The SMILES string of the molecule is Cl.Cl.O=C(c1ccc(Cn2cccn2)cc1)N1CCC(N2CCNCC2)C1. The molecule has 27 heavy (non-hydrogen) atoms. The first kappa shape index (κ1) is 21.7. The summed E-state index contributed by atoms with van der Waals surface area (Å²) in [7, 11) is 0. The Kier molecular flexibility index (Phi) is 8.10. The van der Waals surface area contributed by atoms with Gasteiger partial charge in [0.25, 0.3) is 5.91 Å². The number of aromatic nitrogens is 2. The molecule has 1 atom stereocenters. The predicted octanol–water partition coefficient (Wildman–Crippen LogP) is 1.89. The van der Waals surface area contributed by atoms with Gasteiger partial charge in [-0.1, -0.05) is 12.1 Å². The second kappa shape index (κ2) is 10.1. The first-order valence-corrected chi connectivity index (χ1v) is 9.10. The number of rotatable bonds is 4. The monoisotopic (exact) mass is 411 g/mol.